The van der Waals surface area contributed by atoms with Crippen molar-refractivity contribution in [2.24, 2.45) is 0 Å². The predicted octanol–water partition coefficient (Wildman–Crippen LogP) is 6.86. The maximum absolute atomic E-state index is 6.30. The first-order valence-electron chi connectivity index (χ1n) is 6.63. The molecule has 114 valence electrons. The molecule has 0 saturated carbocycles. The van der Waals surface area contributed by atoms with Crippen molar-refractivity contribution in [3.8, 4) is 0 Å². The first kappa shape index (κ1) is 17.8. The van der Waals surface area contributed by atoms with Gasteiger partial charge in [-0.3, -0.25) is 0 Å². The maximum Gasteiger partial charge on any atom is 0.0843 e. The van der Waals surface area contributed by atoms with Gasteiger partial charge in [0.15, 0.2) is 0 Å². The Kier molecular flexibility index (Phi) is 7.04. The van der Waals surface area contributed by atoms with Gasteiger partial charge in [-0.05, 0) is 81.1 Å². The summed E-state index contributed by atoms with van der Waals surface area (Å²) in [6.07, 6.45) is 1.91. The molecule has 0 aliphatic heterocycles. The molecule has 0 amide bonds. The standard InChI is InChI=1S/C15H15Br2Cl2NS/c1-2-5-20-13(14-8-11(16)15(17)21-14)7-9-6-10(18)3-4-12(9)19/h3-4,6,8,13,20H,2,5,7H2,1H3. The summed E-state index contributed by atoms with van der Waals surface area (Å²) in [5.41, 5.74) is 1.07. The quantitative estimate of drug-likeness (QED) is 0.485. The summed E-state index contributed by atoms with van der Waals surface area (Å²) in [7, 11) is 0. The maximum atomic E-state index is 6.30. The minimum Gasteiger partial charge on any atom is -0.309 e. The van der Waals surface area contributed by atoms with Crippen LogP contribution in [-0.4, -0.2) is 6.54 Å². The molecule has 0 radical (unpaired) electrons. The molecule has 0 aliphatic carbocycles. The van der Waals surface area contributed by atoms with Crippen LogP contribution in [0.25, 0.3) is 0 Å². The van der Waals surface area contributed by atoms with Crippen LogP contribution in [-0.2, 0) is 6.42 Å². The van der Waals surface area contributed by atoms with Gasteiger partial charge in [-0.25, -0.2) is 0 Å². The van der Waals surface area contributed by atoms with E-state index in [-0.39, 0.29) is 6.04 Å². The van der Waals surface area contributed by atoms with E-state index in [4.69, 9.17) is 23.2 Å². The molecule has 2 aromatic rings. The van der Waals surface area contributed by atoms with Crippen molar-refractivity contribution in [2.75, 3.05) is 6.54 Å². The molecule has 2 rings (SSSR count). The Morgan fingerprint density at radius 3 is 2.62 bits per heavy atom. The molecule has 0 saturated heterocycles. The molecule has 1 heterocycles. The monoisotopic (exact) mass is 469 g/mol. The lowest BCUT2D eigenvalue weighted by Crippen LogP contribution is -2.23. The van der Waals surface area contributed by atoms with E-state index < -0.39 is 0 Å². The van der Waals surface area contributed by atoms with Gasteiger partial charge in [-0.2, -0.15) is 0 Å². The van der Waals surface area contributed by atoms with Crippen LogP contribution in [0, 0.1) is 0 Å². The minimum absolute atomic E-state index is 0.230. The molecule has 0 spiro atoms. The molecule has 1 atom stereocenters. The first-order chi connectivity index (χ1) is 10.0. The zero-order chi connectivity index (χ0) is 15.4. The number of nitrogens with one attached hydrogen (secondary N) is 1. The molecule has 1 nitrogen and oxygen atoms in total. The van der Waals surface area contributed by atoms with Gasteiger partial charge >= 0.3 is 0 Å². The summed E-state index contributed by atoms with van der Waals surface area (Å²) in [6, 6.07) is 8.01. The Morgan fingerprint density at radius 2 is 2.00 bits per heavy atom. The van der Waals surface area contributed by atoms with Gasteiger partial charge in [-0.1, -0.05) is 30.1 Å². The third-order valence-corrected chi connectivity index (χ3v) is 7.05. The van der Waals surface area contributed by atoms with Crippen molar-refractivity contribution < 1.29 is 0 Å². The van der Waals surface area contributed by atoms with Crippen LogP contribution in [0.2, 0.25) is 10.0 Å². The first-order valence-corrected chi connectivity index (χ1v) is 9.79. The average Bonchev–Trinajstić information content (AvgIpc) is 2.78. The van der Waals surface area contributed by atoms with Gasteiger partial charge in [-0.15, -0.1) is 11.3 Å². The summed E-state index contributed by atoms with van der Waals surface area (Å²) in [6.45, 7) is 3.13. The van der Waals surface area contributed by atoms with Crippen LogP contribution in [0.4, 0.5) is 0 Å². The van der Waals surface area contributed by atoms with E-state index in [1.54, 1.807) is 11.3 Å². The second-order valence-electron chi connectivity index (χ2n) is 4.72. The fraction of sp³-hybridized carbons (Fsp3) is 0.333. The molecular formula is C15H15Br2Cl2NS. The van der Waals surface area contributed by atoms with Crippen molar-refractivity contribution in [1.29, 1.82) is 0 Å². The number of halogens is 4. The normalized spacial score (nSPS) is 12.6. The smallest absolute Gasteiger partial charge is 0.0843 e. The van der Waals surface area contributed by atoms with Crippen LogP contribution < -0.4 is 5.32 Å². The van der Waals surface area contributed by atoms with Gasteiger partial charge in [0.05, 0.1) is 3.79 Å². The van der Waals surface area contributed by atoms with E-state index in [1.807, 2.05) is 18.2 Å². The summed E-state index contributed by atoms with van der Waals surface area (Å²) < 4.78 is 2.20. The van der Waals surface area contributed by atoms with Crippen molar-refractivity contribution >= 4 is 66.4 Å². The highest BCUT2D eigenvalue weighted by Gasteiger charge is 2.17. The van der Waals surface area contributed by atoms with Crippen LogP contribution in [0.5, 0.6) is 0 Å². The Bertz CT molecular complexity index is 596. The van der Waals surface area contributed by atoms with Gasteiger partial charge in [0.2, 0.25) is 0 Å². The minimum atomic E-state index is 0.230. The molecule has 1 aromatic carbocycles. The molecule has 1 aromatic heterocycles. The van der Waals surface area contributed by atoms with Crippen LogP contribution in [0.15, 0.2) is 32.5 Å². The number of rotatable bonds is 6. The molecule has 0 aliphatic rings. The average molecular weight is 472 g/mol. The molecular weight excluding hydrogens is 457 g/mol. The third-order valence-electron chi connectivity index (χ3n) is 3.08. The lowest BCUT2D eigenvalue weighted by Gasteiger charge is -2.18. The highest BCUT2D eigenvalue weighted by molar-refractivity contribution is 9.13. The van der Waals surface area contributed by atoms with Gasteiger partial charge in [0.25, 0.3) is 0 Å². The number of benzene rings is 1. The van der Waals surface area contributed by atoms with E-state index in [2.05, 4.69) is 50.2 Å². The molecule has 6 heteroatoms. The molecule has 0 bridgehead atoms. The van der Waals surface area contributed by atoms with Crippen molar-refractivity contribution in [2.45, 2.75) is 25.8 Å². The van der Waals surface area contributed by atoms with Crippen LogP contribution in [0.3, 0.4) is 0 Å². The van der Waals surface area contributed by atoms with E-state index in [9.17, 15) is 0 Å². The molecule has 1 N–H and O–H groups in total. The highest BCUT2D eigenvalue weighted by atomic mass is 79.9. The van der Waals surface area contributed by atoms with E-state index in [0.717, 1.165) is 43.3 Å². The van der Waals surface area contributed by atoms with E-state index in [0.29, 0.717) is 0 Å². The Balaban J connectivity index is 2.25. The number of hydrogen-bond acceptors (Lipinski definition) is 2. The van der Waals surface area contributed by atoms with Crippen molar-refractivity contribution in [3.63, 3.8) is 0 Å². The van der Waals surface area contributed by atoms with Gasteiger partial charge in [0.1, 0.15) is 0 Å². The van der Waals surface area contributed by atoms with Crippen molar-refractivity contribution in [1.82, 2.24) is 5.32 Å². The molecule has 21 heavy (non-hydrogen) atoms. The lowest BCUT2D eigenvalue weighted by molar-refractivity contribution is 0.536. The Labute approximate surface area is 156 Å². The van der Waals surface area contributed by atoms with Crippen molar-refractivity contribution in [3.05, 3.63) is 53.0 Å². The summed E-state index contributed by atoms with van der Waals surface area (Å²) >= 11 is 21.2. The van der Waals surface area contributed by atoms with E-state index >= 15 is 0 Å². The topological polar surface area (TPSA) is 12.0 Å². The highest BCUT2D eigenvalue weighted by Crippen LogP contribution is 2.37. The lowest BCUT2D eigenvalue weighted by atomic mass is 10.0. The largest absolute Gasteiger partial charge is 0.309 e. The Hall–Kier alpha value is 0.420. The van der Waals surface area contributed by atoms with Crippen LogP contribution in [0.1, 0.15) is 29.8 Å². The van der Waals surface area contributed by atoms with Gasteiger partial charge < -0.3 is 5.32 Å². The Morgan fingerprint density at radius 1 is 1.24 bits per heavy atom. The number of thiophene rings is 1. The molecule has 0 fully saturated rings. The summed E-state index contributed by atoms with van der Waals surface area (Å²) in [5.74, 6) is 0. The fourth-order valence-electron chi connectivity index (χ4n) is 2.05. The summed E-state index contributed by atoms with van der Waals surface area (Å²) in [5, 5.41) is 5.07. The predicted molar refractivity (Wildman–Crippen MR) is 101 cm³/mol. The summed E-state index contributed by atoms with van der Waals surface area (Å²) in [4.78, 5) is 1.28. The number of hydrogen-bond donors (Lipinski definition) is 1. The van der Waals surface area contributed by atoms with Crippen LogP contribution >= 0.6 is 66.4 Å². The molecule has 1 unspecified atom stereocenters. The van der Waals surface area contributed by atoms with E-state index in [1.165, 1.54) is 4.88 Å². The SMILES string of the molecule is CCCNC(Cc1cc(Cl)ccc1Cl)c1cc(Br)c(Br)s1. The zero-order valence-electron chi connectivity index (χ0n) is 11.4. The van der Waals surface area contributed by atoms with Gasteiger partial charge in [0, 0.05) is 25.4 Å². The fourth-order valence-corrected chi connectivity index (χ4v) is 4.60. The zero-order valence-corrected chi connectivity index (χ0v) is 16.9. The third kappa shape index (κ3) is 4.95. The second-order valence-corrected chi connectivity index (χ2v) is 8.82. The second kappa shape index (κ2) is 8.32.